The van der Waals surface area contributed by atoms with Crippen LogP contribution in [0, 0.1) is 0 Å². The summed E-state index contributed by atoms with van der Waals surface area (Å²) in [5.74, 6) is 0. The van der Waals surface area contributed by atoms with E-state index in [9.17, 15) is 5.11 Å². The monoisotopic (exact) mass is 289 g/mol. The lowest BCUT2D eigenvalue weighted by Crippen LogP contribution is -2.38. The number of hydrogen-bond acceptors (Lipinski definition) is 2. The summed E-state index contributed by atoms with van der Waals surface area (Å²) in [4.78, 5) is 0. The number of hydrogen-bond donors (Lipinski definition) is 2. The molecule has 0 aromatic heterocycles. The molecule has 1 aromatic carbocycles. The maximum atomic E-state index is 10.1. The van der Waals surface area contributed by atoms with Crippen LogP contribution in [0.3, 0.4) is 0 Å². The highest BCUT2D eigenvalue weighted by molar-refractivity contribution is 6.35. The first-order chi connectivity index (χ1) is 8.35. The van der Waals surface area contributed by atoms with Crippen LogP contribution in [0.15, 0.2) is 18.2 Å². The molecule has 0 heterocycles. The molecule has 0 saturated carbocycles. The number of halogens is 2. The molecular weight excluding hydrogens is 269 g/mol. The Kier molecular flexibility index (Phi) is 5.93. The first-order valence-corrected chi connectivity index (χ1v) is 7.02. The van der Waals surface area contributed by atoms with E-state index in [1.165, 1.54) is 0 Å². The third kappa shape index (κ3) is 4.77. The molecule has 2 N–H and O–H groups in total. The molecule has 0 spiro atoms. The van der Waals surface area contributed by atoms with Gasteiger partial charge in [0.05, 0.1) is 5.60 Å². The fraction of sp³-hybridized carbons (Fsp3) is 0.571. The second-order valence-corrected chi connectivity index (χ2v) is 5.86. The van der Waals surface area contributed by atoms with Gasteiger partial charge in [-0.15, -0.1) is 0 Å². The third-order valence-corrected chi connectivity index (χ3v) is 3.57. The van der Waals surface area contributed by atoms with E-state index >= 15 is 0 Å². The van der Waals surface area contributed by atoms with Crippen LogP contribution in [0.25, 0.3) is 0 Å². The Morgan fingerprint density at radius 1 is 1.39 bits per heavy atom. The molecule has 0 saturated heterocycles. The Hall–Kier alpha value is -0.280. The van der Waals surface area contributed by atoms with E-state index in [-0.39, 0.29) is 6.04 Å². The molecule has 2 nitrogen and oxygen atoms in total. The zero-order chi connectivity index (χ0) is 13.8. The van der Waals surface area contributed by atoms with Crippen LogP contribution in [0.2, 0.25) is 10.0 Å². The van der Waals surface area contributed by atoms with Crippen molar-refractivity contribution in [2.45, 2.75) is 45.3 Å². The van der Waals surface area contributed by atoms with Gasteiger partial charge in [-0.2, -0.15) is 0 Å². The molecule has 0 aliphatic heterocycles. The van der Waals surface area contributed by atoms with Gasteiger partial charge in [0.25, 0.3) is 0 Å². The molecule has 4 heteroatoms. The summed E-state index contributed by atoms with van der Waals surface area (Å²) in [6, 6.07) is 5.56. The van der Waals surface area contributed by atoms with E-state index in [1.54, 1.807) is 6.07 Å². The molecule has 1 rings (SSSR count). The van der Waals surface area contributed by atoms with Gasteiger partial charge >= 0.3 is 0 Å². The predicted molar refractivity (Wildman–Crippen MR) is 78.4 cm³/mol. The average Bonchev–Trinajstić information content (AvgIpc) is 2.26. The Balaban J connectivity index is 2.63. The quantitative estimate of drug-likeness (QED) is 0.823. The van der Waals surface area contributed by atoms with Crippen molar-refractivity contribution in [3.05, 3.63) is 33.8 Å². The molecule has 0 bridgehead atoms. The second-order valence-electron chi connectivity index (χ2n) is 5.02. The smallest absolute Gasteiger partial charge is 0.0743 e. The maximum Gasteiger partial charge on any atom is 0.0743 e. The standard InChI is InChI=1S/C14H21Cl2NO/c1-4-7-14(3,18)9-17-10(2)12-6-5-11(15)8-13(12)16/h5-6,8,10,17-18H,4,7,9H2,1-3H3. The topological polar surface area (TPSA) is 32.3 Å². The van der Waals surface area contributed by atoms with Crippen molar-refractivity contribution in [2.24, 2.45) is 0 Å². The first kappa shape index (κ1) is 15.8. The molecule has 102 valence electrons. The third-order valence-electron chi connectivity index (χ3n) is 3.01. The molecule has 0 amide bonds. The van der Waals surface area contributed by atoms with Crippen molar-refractivity contribution in [1.82, 2.24) is 5.32 Å². The van der Waals surface area contributed by atoms with Gasteiger partial charge in [0, 0.05) is 22.6 Å². The predicted octanol–water partition coefficient (Wildman–Crippen LogP) is 4.20. The largest absolute Gasteiger partial charge is 0.389 e. The molecule has 0 aliphatic rings. The molecule has 0 aliphatic carbocycles. The zero-order valence-electron chi connectivity index (χ0n) is 11.1. The maximum absolute atomic E-state index is 10.1. The summed E-state index contributed by atoms with van der Waals surface area (Å²) in [6.45, 7) is 6.48. The highest BCUT2D eigenvalue weighted by Crippen LogP contribution is 2.26. The molecule has 0 fully saturated rings. The van der Waals surface area contributed by atoms with Gasteiger partial charge in [0.1, 0.15) is 0 Å². The van der Waals surface area contributed by atoms with E-state index in [2.05, 4.69) is 12.2 Å². The fourth-order valence-corrected chi connectivity index (χ4v) is 2.53. The summed E-state index contributed by atoms with van der Waals surface area (Å²) < 4.78 is 0. The van der Waals surface area contributed by atoms with Crippen molar-refractivity contribution in [3.8, 4) is 0 Å². The second kappa shape index (κ2) is 6.76. The first-order valence-electron chi connectivity index (χ1n) is 6.26. The van der Waals surface area contributed by atoms with Crippen molar-refractivity contribution < 1.29 is 5.11 Å². The summed E-state index contributed by atoms with van der Waals surface area (Å²) in [7, 11) is 0. The molecule has 0 radical (unpaired) electrons. The van der Waals surface area contributed by atoms with Crippen LogP contribution >= 0.6 is 23.2 Å². The summed E-state index contributed by atoms with van der Waals surface area (Å²) in [5.41, 5.74) is 0.315. The van der Waals surface area contributed by atoms with E-state index in [0.29, 0.717) is 16.6 Å². The Morgan fingerprint density at radius 3 is 2.61 bits per heavy atom. The van der Waals surface area contributed by atoms with Gasteiger partial charge in [-0.3, -0.25) is 0 Å². The normalized spacial score (nSPS) is 16.3. The van der Waals surface area contributed by atoms with Gasteiger partial charge in [-0.05, 0) is 38.0 Å². The van der Waals surface area contributed by atoms with Crippen molar-refractivity contribution >= 4 is 23.2 Å². The molecule has 2 atom stereocenters. The number of nitrogens with one attached hydrogen (secondary N) is 1. The average molecular weight is 290 g/mol. The van der Waals surface area contributed by atoms with Gasteiger partial charge in [-0.1, -0.05) is 42.6 Å². The molecule has 1 aromatic rings. The van der Waals surface area contributed by atoms with E-state index in [0.717, 1.165) is 18.4 Å². The Labute approximate surface area is 119 Å². The lowest BCUT2D eigenvalue weighted by atomic mass is 9.99. The van der Waals surface area contributed by atoms with Crippen molar-refractivity contribution in [2.75, 3.05) is 6.54 Å². The van der Waals surface area contributed by atoms with Crippen LogP contribution in [0.1, 0.15) is 45.2 Å². The lowest BCUT2D eigenvalue weighted by Gasteiger charge is -2.26. The highest BCUT2D eigenvalue weighted by Gasteiger charge is 2.20. The summed E-state index contributed by atoms with van der Waals surface area (Å²) in [6.07, 6.45) is 1.74. The van der Waals surface area contributed by atoms with Crippen LogP contribution in [-0.4, -0.2) is 17.3 Å². The van der Waals surface area contributed by atoms with Gasteiger partial charge in [0.15, 0.2) is 0 Å². The van der Waals surface area contributed by atoms with Gasteiger partial charge in [0.2, 0.25) is 0 Å². The van der Waals surface area contributed by atoms with Crippen LogP contribution in [0.4, 0.5) is 0 Å². The van der Waals surface area contributed by atoms with E-state index < -0.39 is 5.60 Å². The van der Waals surface area contributed by atoms with E-state index in [1.807, 2.05) is 26.0 Å². The Morgan fingerprint density at radius 2 is 2.06 bits per heavy atom. The minimum absolute atomic E-state index is 0.0816. The van der Waals surface area contributed by atoms with Crippen LogP contribution in [-0.2, 0) is 0 Å². The minimum Gasteiger partial charge on any atom is -0.389 e. The molecule has 2 unspecified atom stereocenters. The fourth-order valence-electron chi connectivity index (χ4n) is 1.96. The molecular formula is C14H21Cl2NO. The van der Waals surface area contributed by atoms with E-state index in [4.69, 9.17) is 23.2 Å². The number of rotatable bonds is 6. The number of aliphatic hydroxyl groups is 1. The lowest BCUT2D eigenvalue weighted by molar-refractivity contribution is 0.0477. The zero-order valence-corrected chi connectivity index (χ0v) is 12.6. The summed E-state index contributed by atoms with van der Waals surface area (Å²) in [5, 5.41) is 14.7. The van der Waals surface area contributed by atoms with Gasteiger partial charge in [-0.25, -0.2) is 0 Å². The van der Waals surface area contributed by atoms with Crippen molar-refractivity contribution in [1.29, 1.82) is 0 Å². The van der Waals surface area contributed by atoms with Crippen LogP contribution in [0.5, 0.6) is 0 Å². The van der Waals surface area contributed by atoms with Crippen molar-refractivity contribution in [3.63, 3.8) is 0 Å². The minimum atomic E-state index is -0.679. The van der Waals surface area contributed by atoms with Gasteiger partial charge < -0.3 is 10.4 Å². The SMILES string of the molecule is CCCC(C)(O)CNC(C)c1ccc(Cl)cc1Cl. The van der Waals surface area contributed by atoms with Crippen LogP contribution < -0.4 is 5.32 Å². The number of benzene rings is 1. The molecule has 18 heavy (non-hydrogen) atoms. The Bertz CT molecular complexity index is 393. The highest BCUT2D eigenvalue weighted by atomic mass is 35.5. The summed E-state index contributed by atoms with van der Waals surface area (Å²) >= 11 is 12.0.